The summed E-state index contributed by atoms with van der Waals surface area (Å²) < 4.78 is 0. The van der Waals surface area contributed by atoms with Crippen molar-refractivity contribution >= 4 is 11.6 Å². The van der Waals surface area contributed by atoms with Gasteiger partial charge in [-0.3, -0.25) is 9.59 Å². The number of rotatable bonds is 8. The van der Waals surface area contributed by atoms with Crippen molar-refractivity contribution in [2.45, 2.75) is 19.3 Å². The van der Waals surface area contributed by atoms with Gasteiger partial charge in [-0.05, 0) is 30.4 Å². The van der Waals surface area contributed by atoms with Gasteiger partial charge in [0.05, 0.1) is 0 Å². The lowest BCUT2D eigenvalue weighted by atomic mass is 9.96. The second-order valence-electron chi connectivity index (χ2n) is 5.45. The number of benzene rings is 2. The number of ketones is 2. The smallest absolute Gasteiger partial charge is 0.188 e. The number of carbonyl (C=O) groups excluding carboxylic acids is 2. The van der Waals surface area contributed by atoms with E-state index in [1.807, 2.05) is 36.4 Å². The quantitative estimate of drug-likeness (QED) is 0.506. The fourth-order valence-corrected chi connectivity index (χ4v) is 2.33. The molecule has 0 fully saturated rings. The van der Waals surface area contributed by atoms with Crippen LogP contribution in [0.2, 0.25) is 0 Å². The molecule has 2 heteroatoms. The van der Waals surface area contributed by atoms with E-state index in [9.17, 15) is 9.59 Å². The molecule has 116 valence electrons. The van der Waals surface area contributed by atoms with E-state index in [1.165, 1.54) is 0 Å². The van der Waals surface area contributed by atoms with Gasteiger partial charge in [-0.15, -0.1) is 0 Å². The maximum absolute atomic E-state index is 12.2. The third kappa shape index (κ3) is 4.62. The van der Waals surface area contributed by atoms with Crippen LogP contribution < -0.4 is 0 Å². The number of hydrogen-bond donors (Lipinski definition) is 0. The summed E-state index contributed by atoms with van der Waals surface area (Å²) in [5, 5.41) is 0. The van der Waals surface area contributed by atoms with Crippen molar-refractivity contribution in [1.29, 1.82) is 0 Å². The number of allylic oxidation sites excluding steroid dienone is 2. The molecule has 0 radical (unpaired) electrons. The fraction of sp³-hybridized carbons (Fsp3) is 0.143. The van der Waals surface area contributed by atoms with Gasteiger partial charge in [-0.25, -0.2) is 0 Å². The topological polar surface area (TPSA) is 34.1 Å². The summed E-state index contributed by atoms with van der Waals surface area (Å²) in [6.07, 6.45) is 1.82. The second-order valence-corrected chi connectivity index (χ2v) is 5.45. The first-order valence-electron chi connectivity index (χ1n) is 7.64. The molecule has 0 aliphatic heterocycles. The minimum absolute atomic E-state index is 0.0365. The molecule has 0 aliphatic rings. The average molecular weight is 304 g/mol. The summed E-state index contributed by atoms with van der Waals surface area (Å²) in [7, 11) is 0. The molecule has 0 N–H and O–H groups in total. The van der Waals surface area contributed by atoms with Crippen molar-refractivity contribution in [3.8, 4) is 0 Å². The Hall–Kier alpha value is -2.74. The van der Waals surface area contributed by atoms with E-state index in [-0.39, 0.29) is 11.6 Å². The zero-order valence-corrected chi connectivity index (χ0v) is 13.1. The second kappa shape index (κ2) is 8.04. The zero-order chi connectivity index (χ0) is 16.7. The summed E-state index contributed by atoms with van der Waals surface area (Å²) >= 11 is 0. The fourth-order valence-electron chi connectivity index (χ4n) is 2.33. The molecule has 0 atom stereocenters. The van der Waals surface area contributed by atoms with Crippen LogP contribution in [0.4, 0.5) is 0 Å². The van der Waals surface area contributed by atoms with Gasteiger partial charge < -0.3 is 0 Å². The number of carbonyl (C=O) groups is 2. The summed E-state index contributed by atoms with van der Waals surface area (Å²) in [5.74, 6) is -0.0730. The minimum Gasteiger partial charge on any atom is -0.289 e. The molecule has 2 aromatic carbocycles. The largest absolute Gasteiger partial charge is 0.289 e. The standard InChI is InChI=1S/C21H20O2/c1-16(20(22)18-12-5-3-6-13-18)10-9-11-17(2)21(23)19-14-7-4-8-15-19/h3-8,12-15H,1-2,9-11H2. The molecular formula is C21H20O2. The van der Waals surface area contributed by atoms with Crippen LogP contribution >= 0.6 is 0 Å². The van der Waals surface area contributed by atoms with Crippen molar-refractivity contribution < 1.29 is 9.59 Å². The van der Waals surface area contributed by atoms with Gasteiger partial charge in [0.25, 0.3) is 0 Å². The van der Waals surface area contributed by atoms with Gasteiger partial charge in [0.1, 0.15) is 0 Å². The van der Waals surface area contributed by atoms with E-state index in [4.69, 9.17) is 0 Å². The molecular weight excluding hydrogens is 284 g/mol. The first-order chi connectivity index (χ1) is 11.1. The maximum Gasteiger partial charge on any atom is 0.188 e. The monoisotopic (exact) mass is 304 g/mol. The molecule has 23 heavy (non-hydrogen) atoms. The van der Waals surface area contributed by atoms with Gasteiger partial charge >= 0.3 is 0 Å². The van der Waals surface area contributed by atoms with E-state index in [0.29, 0.717) is 41.5 Å². The Labute approximate surface area is 137 Å². The van der Waals surface area contributed by atoms with Crippen LogP contribution in [0, 0.1) is 0 Å². The lowest BCUT2D eigenvalue weighted by Crippen LogP contribution is -2.04. The van der Waals surface area contributed by atoms with E-state index in [1.54, 1.807) is 24.3 Å². The van der Waals surface area contributed by atoms with Crippen molar-refractivity contribution in [1.82, 2.24) is 0 Å². The Balaban J connectivity index is 1.83. The van der Waals surface area contributed by atoms with Crippen molar-refractivity contribution in [2.75, 3.05) is 0 Å². The lowest BCUT2D eigenvalue weighted by molar-refractivity contribution is 0.102. The zero-order valence-electron chi connectivity index (χ0n) is 13.1. The Morgan fingerprint density at radius 2 is 1.00 bits per heavy atom. The molecule has 0 amide bonds. The van der Waals surface area contributed by atoms with Crippen LogP contribution in [0.15, 0.2) is 85.0 Å². The molecule has 0 unspecified atom stereocenters. The highest BCUT2D eigenvalue weighted by molar-refractivity contribution is 6.09. The van der Waals surface area contributed by atoms with Gasteiger partial charge in [0.15, 0.2) is 11.6 Å². The predicted molar refractivity (Wildman–Crippen MR) is 93.7 cm³/mol. The van der Waals surface area contributed by atoms with E-state index < -0.39 is 0 Å². The highest BCUT2D eigenvalue weighted by atomic mass is 16.1. The molecule has 0 bridgehead atoms. The molecule has 0 spiro atoms. The summed E-state index contributed by atoms with van der Waals surface area (Å²) in [5.41, 5.74) is 2.43. The first-order valence-corrected chi connectivity index (χ1v) is 7.64. The van der Waals surface area contributed by atoms with Crippen LogP contribution in [0.25, 0.3) is 0 Å². The Kier molecular flexibility index (Phi) is 5.81. The van der Waals surface area contributed by atoms with Gasteiger partial charge in [0, 0.05) is 11.1 Å². The van der Waals surface area contributed by atoms with Crippen LogP contribution in [-0.4, -0.2) is 11.6 Å². The molecule has 2 aromatic rings. The first kappa shape index (κ1) is 16.6. The van der Waals surface area contributed by atoms with Crippen LogP contribution in [0.1, 0.15) is 40.0 Å². The predicted octanol–water partition coefficient (Wildman–Crippen LogP) is 5.03. The minimum atomic E-state index is -0.0365. The van der Waals surface area contributed by atoms with Crippen LogP contribution in [-0.2, 0) is 0 Å². The third-order valence-corrected chi connectivity index (χ3v) is 3.67. The summed E-state index contributed by atoms with van der Waals surface area (Å²) in [6, 6.07) is 18.2. The van der Waals surface area contributed by atoms with Crippen molar-refractivity contribution in [3.63, 3.8) is 0 Å². The molecule has 2 rings (SSSR count). The highest BCUT2D eigenvalue weighted by Crippen LogP contribution is 2.17. The molecule has 0 aromatic heterocycles. The normalized spacial score (nSPS) is 10.1. The summed E-state index contributed by atoms with van der Waals surface area (Å²) in [4.78, 5) is 24.4. The van der Waals surface area contributed by atoms with E-state index in [0.717, 1.165) is 0 Å². The SMILES string of the molecule is C=C(CCCC(=C)C(=O)c1ccccc1)C(=O)c1ccccc1. The van der Waals surface area contributed by atoms with Crippen molar-refractivity contribution in [2.24, 2.45) is 0 Å². The Morgan fingerprint density at radius 1 is 0.652 bits per heavy atom. The molecule has 0 heterocycles. The highest BCUT2D eigenvalue weighted by Gasteiger charge is 2.12. The van der Waals surface area contributed by atoms with Gasteiger partial charge in [-0.2, -0.15) is 0 Å². The van der Waals surface area contributed by atoms with Crippen LogP contribution in [0.5, 0.6) is 0 Å². The van der Waals surface area contributed by atoms with E-state index >= 15 is 0 Å². The average Bonchev–Trinajstić information content (AvgIpc) is 2.61. The maximum atomic E-state index is 12.2. The van der Waals surface area contributed by atoms with Gasteiger partial charge in [0.2, 0.25) is 0 Å². The number of Topliss-reactive ketones (excluding diaryl/α,β-unsaturated/α-hetero) is 2. The lowest BCUT2D eigenvalue weighted by Gasteiger charge is -2.07. The van der Waals surface area contributed by atoms with Crippen molar-refractivity contribution in [3.05, 3.63) is 96.1 Å². The molecule has 0 saturated heterocycles. The van der Waals surface area contributed by atoms with Gasteiger partial charge in [-0.1, -0.05) is 73.8 Å². The number of hydrogen-bond acceptors (Lipinski definition) is 2. The molecule has 0 aliphatic carbocycles. The van der Waals surface area contributed by atoms with Crippen LogP contribution in [0.3, 0.4) is 0 Å². The Morgan fingerprint density at radius 3 is 1.35 bits per heavy atom. The Bertz CT molecular complexity index is 649. The molecule has 2 nitrogen and oxygen atoms in total. The molecule has 0 saturated carbocycles. The third-order valence-electron chi connectivity index (χ3n) is 3.67. The van der Waals surface area contributed by atoms with E-state index in [2.05, 4.69) is 13.2 Å². The summed E-state index contributed by atoms with van der Waals surface area (Å²) in [6.45, 7) is 7.73.